The molecule has 0 heterocycles. The van der Waals surface area contributed by atoms with Gasteiger partial charge >= 0.3 is 0 Å². The molecule has 1 heteroatoms. The van der Waals surface area contributed by atoms with Gasteiger partial charge in [0.15, 0.2) is 0 Å². The van der Waals surface area contributed by atoms with E-state index in [1.165, 1.54) is 12.0 Å². The Kier molecular flexibility index (Phi) is 6.97. The van der Waals surface area contributed by atoms with Gasteiger partial charge < -0.3 is 5.11 Å². The van der Waals surface area contributed by atoms with E-state index in [9.17, 15) is 0 Å². The maximum Gasteiger partial charge on any atom is 0.0456 e. The first kappa shape index (κ1) is 12.7. The molecule has 0 bridgehead atoms. The highest BCUT2D eigenvalue weighted by Crippen LogP contribution is 2.19. The molecule has 2 unspecified atom stereocenters. The molecule has 0 rings (SSSR count). The minimum atomic E-state index is 0.320. The van der Waals surface area contributed by atoms with Crippen molar-refractivity contribution in [3.63, 3.8) is 0 Å². The van der Waals surface area contributed by atoms with E-state index in [2.05, 4.69) is 33.8 Å². The summed E-state index contributed by atoms with van der Waals surface area (Å²) in [6.45, 7) is 9.06. The van der Waals surface area contributed by atoms with E-state index in [4.69, 9.17) is 5.11 Å². The molecule has 13 heavy (non-hydrogen) atoms. The van der Waals surface area contributed by atoms with Gasteiger partial charge in [-0.05, 0) is 38.0 Å². The van der Waals surface area contributed by atoms with Gasteiger partial charge in [-0.2, -0.15) is 0 Å². The van der Waals surface area contributed by atoms with Crippen LogP contribution < -0.4 is 0 Å². The summed E-state index contributed by atoms with van der Waals surface area (Å²) in [6.07, 6.45) is 5.73. The van der Waals surface area contributed by atoms with Crippen LogP contribution in [-0.2, 0) is 0 Å². The summed E-state index contributed by atoms with van der Waals surface area (Å²) in [6, 6.07) is 0. The summed E-state index contributed by atoms with van der Waals surface area (Å²) in [7, 11) is 0. The monoisotopic (exact) mass is 184 g/mol. The van der Waals surface area contributed by atoms with Crippen molar-refractivity contribution in [3.8, 4) is 0 Å². The SMILES string of the molecule is CC/C=C(\C)CC(C)CC(C)CO. The standard InChI is InChI=1S/C12H24O/c1-5-6-10(2)7-11(3)8-12(4)9-13/h6,11-13H,5,7-9H2,1-4H3/b10-6+. The predicted molar refractivity (Wildman–Crippen MR) is 58.7 cm³/mol. The number of allylic oxidation sites excluding steroid dienone is 2. The summed E-state index contributed by atoms with van der Waals surface area (Å²) in [5.41, 5.74) is 1.49. The Bertz CT molecular complexity index is 149. The van der Waals surface area contributed by atoms with Crippen molar-refractivity contribution in [2.45, 2.75) is 47.0 Å². The average Bonchev–Trinajstić information content (AvgIpc) is 2.04. The van der Waals surface area contributed by atoms with E-state index in [1.54, 1.807) is 0 Å². The summed E-state index contributed by atoms with van der Waals surface area (Å²) < 4.78 is 0. The molecular formula is C12H24O. The fraction of sp³-hybridized carbons (Fsp3) is 0.833. The number of hydrogen-bond acceptors (Lipinski definition) is 1. The summed E-state index contributed by atoms with van der Waals surface area (Å²) in [5, 5.41) is 8.91. The number of aliphatic hydroxyl groups is 1. The molecule has 1 N–H and O–H groups in total. The predicted octanol–water partition coefficient (Wildman–Crippen LogP) is 3.39. The van der Waals surface area contributed by atoms with Gasteiger partial charge in [0, 0.05) is 6.61 Å². The molecule has 2 atom stereocenters. The van der Waals surface area contributed by atoms with Crippen molar-refractivity contribution in [3.05, 3.63) is 11.6 Å². The molecule has 0 radical (unpaired) electrons. The fourth-order valence-corrected chi connectivity index (χ4v) is 1.83. The molecule has 0 fully saturated rings. The van der Waals surface area contributed by atoms with Crippen molar-refractivity contribution < 1.29 is 5.11 Å². The molecule has 0 amide bonds. The van der Waals surface area contributed by atoms with Crippen molar-refractivity contribution >= 4 is 0 Å². The maximum atomic E-state index is 8.91. The van der Waals surface area contributed by atoms with Gasteiger partial charge in [0.05, 0.1) is 0 Å². The third-order valence-corrected chi connectivity index (χ3v) is 2.34. The Morgan fingerprint density at radius 3 is 2.38 bits per heavy atom. The molecule has 0 aliphatic heterocycles. The minimum Gasteiger partial charge on any atom is -0.396 e. The van der Waals surface area contributed by atoms with Crippen LogP contribution in [0.3, 0.4) is 0 Å². The van der Waals surface area contributed by atoms with Crippen LogP contribution in [0.5, 0.6) is 0 Å². The average molecular weight is 184 g/mol. The quantitative estimate of drug-likeness (QED) is 0.627. The van der Waals surface area contributed by atoms with E-state index in [0.717, 1.165) is 12.8 Å². The van der Waals surface area contributed by atoms with Gasteiger partial charge in [-0.3, -0.25) is 0 Å². The van der Waals surface area contributed by atoms with Crippen LogP contribution in [0, 0.1) is 11.8 Å². The molecule has 0 aromatic heterocycles. The molecule has 0 aliphatic rings. The lowest BCUT2D eigenvalue weighted by Crippen LogP contribution is -2.07. The molecule has 0 aromatic rings. The zero-order valence-electron chi connectivity index (χ0n) is 9.51. The molecule has 0 saturated carbocycles. The highest BCUT2D eigenvalue weighted by molar-refractivity contribution is 4.98. The lowest BCUT2D eigenvalue weighted by molar-refractivity contribution is 0.215. The summed E-state index contributed by atoms with van der Waals surface area (Å²) in [5.74, 6) is 1.15. The van der Waals surface area contributed by atoms with E-state index in [0.29, 0.717) is 18.4 Å². The fourth-order valence-electron chi connectivity index (χ4n) is 1.83. The molecule has 0 saturated heterocycles. The topological polar surface area (TPSA) is 20.2 Å². The highest BCUT2D eigenvalue weighted by Gasteiger charge is 2.07. The Morgan fingerprint density at radius 2 is 1.92 bits per heavy atom. The largest absolute Gasteiger partial charge is 0.396 e. The first-order chi connectivity index (χ1) is 6.10. The van der Waals surface area contributed by atoms with Gasteiger partial charge in [-0.25, -0.2) is 0 Å². The third kappa shape index (κ3) is 6.83. The normalized spacial score (nSPS) is 17.2. The molecule has 0 spiro atoms. The molecular weight excluding hydrogens is 160 g/mol. The van der Waals surface area contributed by atoms with E-state index in [1.807, 2.05) is 0 Å². The third-order valence-electron chi connectivity index (χ3n) is 2.34. The second kappa shape index (κ2) is 7.14. The number of rotatable bonds is 6. The molecule has 0 aliphatic carbocycles. The number of hydrogen-bond donors (Lipinski definition) is 1. The molecule has 78 valence electrons. The Balaban J connectivity index is 3.73. The lowest BCUT2D eigenvalue weighted by Gasteiger charge is -2.15. The number of aliphatic hydroxyl groups excluding tert-OH is 1. The van der Waals surface area contributed by atoms with Crippen LogP contribution in [0.25, 0.3) is 0 Å². The molecule has 1 nitrogen and oxygen atoms in total. The van der Waals surface area contributed by atoms with Gasteiger partial charge in [0.2, 0.25) is 0 Å². The van der Waals surface area contributed by atoms with Crippen LogP contribution in [0.4, 0.5) is 0 Å². The minimum absolute atomic E-state index is 0.320. The van der Waals surface area contributed by atoms with Gasteiger partial charge in [-0.1, -0.05) is 32.4 Å². The Morgan fingerprint density at radius 1 is 1.31 bits per heavy atom. The first-order valence-corrected chi connectivity index (χ1v) is 5.36. The van der Waals surface area contributed by atoms with Crippen molar-refractivity contribution in [2.75, 3.05) is 6.61 Å². The Hall–Kier alpha value is -0.300. The first-order valence-electron chi connectivity index (χ1n) is 5.36. The Labute approximate surface area is 82.9 Å². The zero-order chi connectivity index (χ0) is 10.3. The van der Waals surface area contributed by atoms with Gasteiger partial charge in [-0.15, -0.1) is 0 Å². The molecule has 0 aromatic carbocycles. The summed E-state index contributed by atoms with van der Waals surface area (Å²) >= 11 is 0. The van der Waals surface area contributed by atoms with E-state index in [-0.39, 0.29) is 0 Å². The van der Waals surface area contributed by atoms with Gasteiger partial charge in [0.1, 0.15) is 0 Å². The van der Waals surface area contributed by atoms with Crippen LogP contribution in [0.15, 0.2) is 11.6 Å². The van der Waals surface area contributed by atoms with Crippen LogP contribution in [0.2, 0.25) is 0 Å². The van der Waals surface area contributed by atoms with Gasteiger partial charge in [0.25, 0.3) is 0 Å². The zero-order valence-corrected chi connectivity index (χ0v) is 9.51. The van der Waals surface area contributed by atoms with E-state index >= 15 is 0 Å². The highest BCUT2D eigenvalue weighted by atomic mass is 16.3. The summed E-state index contributed by atoms with van der Waals surface area (Å²) in [4.78, 5) is 0. The van der Waals surface area contributed by atoms with Crippen molar-refractivity contribution in [2.24, 2.45) is 11.8 Å². The van der Waals surface area contributed by atoms with E-state index < -0.39 is 0 Å². The van der Waals surface area contributed by atoms with Crippen LogP contribution in [0.1, 0.15) is 47.0 Å². The van der Waals surface area contributed by atoms with Crippen LogP contribution in [-0.4, -0.2) is 11.7 Å². The smallest absolute Gasteiger partial charge is 0.0456 e. The van der Waals surface area contributed by atoms with Crippen molar-refractivity contribution in [1.29, 1.82) is 0 Å². The maximum absolute atomic E-state index is 8.91. The second-order valence-corrected chi connectivity index (χ2v) is 4.29. The van der Waals surface area contributed by atoms with Crippen molar-refractivity contribution in [1.82, 2.24) is 0 Å². The lowest BCUT2D eigenvalue weighted by atomic mass is 9.92. The van der Waals surface area contributed by atoms with Crippen LogP contribution >= 0.6 is 0 Å². The second-order valence-electron chi connectivity index (χ2n) is 4.29.